The SMILES string of the molecule is O=[C]N(Cc1ccccc1)c1ccc(Br)cc1. The molecule has 2 rings (SSSR count). The molecule has 0 aliphatic rings. The van der Waals surface area contributed by atoms with E-state index in [2.05, 4.69) is 15.9 Å². The summed E-state index contributed by atoms with van der Waals surface area (Å²) in [6.07, 6.45) is 1.95. The van der Waals surface area contributed by atoms with Gasteiger partial charge in [0.05, 0.1) is 6.54 Å². The summed E-state index contributed by atoms with van der Waals surface area (Å²) in [7, 11) is 0. The van der Waals surface area contributed by atoms with Gasteiger partial charge in [-0.15, -0.1) is 0 Å². The lowest BCUT2D eigenvalue weighted by molar-refractivity contribution is 0.551. The van der Waals surface area contributed by atoms with Crippen molar-refractivity contribution < 1.29 is 4.79 Å². The minimum atomic E-state index is 0.534. The van der Waals surface area contributed by atoms with Gasteiger partial charge in [-0.2, -0.15) is 0 Å². The zero-order valence-electron chi connectivity index (χ0n) is 9.14. The Morgan fingerprint density at radius 2 is 1.65 bits per heavy atom. The molecule has 3 heteroatoms. The first-order chi connectivity index (χ1) is 8.29. The quantitative estimate of drug-likeness (QED) is 0.789. The zero-order valence-corrected chi connectivity index (χ0v) is 10.7. The number of hydrogen-bond donors (Lipinski definition) is 0. The topological polar surface area (TPSA) is 20.3 Å². The highest BCUT2D eigenvalue weighted by Gasteiger charge is 2.06. The maximum Gasteiger partial charge on any atom is 0.317 e. The predicted octanol–water partition coefficient (Wildman–Crippen LogP) is 3.52. The number of amides is 1. The molecular weight excluding hydrogens is 278 g/mol. The van der Waals surface area contributed by atoms with Gasteiger partial charge >= 0.3 is 6.41 Å². The fourth-order valence-electron chi connectivity index (χ4n) is 1.56. The molecule has 2 aromatic carbocycles. The Hall–Kier alpha value is -1.61. The average molecular weight is 289 g/mol. The summed E-state index contributed by atoms with van der Waals surface area (Å²) in [5, 5.41) is 0. The highest BCUT2D eigenvalue weighted by Crippen LogP contribution is 2.19. The zero-order chi connectivity index (χ0) is 12.1. The van der Waals surface area contributed by atoms with E-state index in [0.29, 0.717) is 6.54 Å². The molecule has 0 aliphatic heterocycles. The second-order valence-electron chi connectivity index (χ2n) is 3.64. The van der Waals surface area contributed by atoms with Crippen molar-refractivity contribution >= 4 is 28.0 Å². The Bertz CT molecular complexity index is 481. The van der Waals surface area contributed by atoms with Gasteiger partial charge in [0.1, 0.15) is 0 Å². The third-order valence-corrected chi connectivity index (χ3v) is 2.96. The number of nitrogens with zero attached hydrogens (tertiary/aromatic N) is 1. The molecule has 17 heavy (non-hydrogen) atoms. The van der Waals surface area contributed by atoms with E-state index in [-0.39, 0.29) is 0 Å². The molecule has 0 fully saturated rings. The molecule has 0 aromatic heterocycles. The number of halogens is 1. The normalized spacial score (nSPS) is 9.94. The van der Waals surface area contributed by atoms with Crippen molar-refractivity contribution in [3.63, 3.8) is 0 Å². The molecule has 1 radical (unpaired) electrons. The second-order valence-corrected chi connectivity index (χ2v) is 4.56. The molecule has 0 aliphatic carbocycles. The van der Waals surface area contributed by atoms with Crippen LogP contribution in [0.2, 0.25) is 0 Å². The molecule has 0 unspecified atom stereocenters. The standard InChI is InChI=1S/C14H11BrNO/c15-13-6-8-14(9-7-13)16(11-17)10-12-4-2-1-3-5-12/h1-9H,10H2. The number of anilines is 1. The lowest BCUT2D eigenvalue weighted by Crippen LogP contribution is -2.19. The first kappa shape index (κ1) is 11.9. The summed E-state index contributed by atoms with van der Waals surface area (Å²) in [4.78, 5) is 12.5. The van der Waals surface area contributed by atoms with E-state index in [9.17, 15) is 4.79 Å². The maximum absolute atomic E-state index is 11.0. The largest absolute Gasteiger partial charge is 0.317 e. The van der Waals surface area contributed by atoms with Crippen LogP contribution < -0.4 is 4.90 Å². The van der Waals surface area contributed by atoms with Gasteiger partial charge in [-0.25, -0.2) is 0 Å². The van der Waals surface area contributed by atoms with Crippen LogP contribution in [-0.4, -0.2) is 6.41 Å². The van der Waals surface area contributed by atoms with Crippen molar-refractivity contribution in [1.29, 1.82) is 0 Å². The van der Waals surface area contributed by atoms with E-state index >= 15 is 0 Å². The first-order valence-corrected chi connectivity index (χ1v) is 6.04. The van der Waals surface area contributed by atoms with Crippen molar-refractivity contribution in [3.8, 4) is 0 Å². The summed E-state index contributed by atoms with van der Waals surface area (Å²) >= 11 is 3.37. The molecule has 0 atom stereocenters. The molecule has 0 bridgehead atoms. The predicted molar refractivity (Wildman–Crippen MR) is 72.5 cm³/mol. The fraction of sp³-hybridized carbons (Fsp3) is 0.0714. The van der Waals surface area contributed by atoms with E-state index in [1.54, 1.807) is 4.90 Å². The van der Waals surface area contributed by atoms with Crippen LogP contribution in [-0.2, 0) is 11.3 Å². The minimum absolute atomic E-state index is 0.534. The molecule has 0 saturated heterocycles. The van der Waals surface area contributed by atoms with Crippen molar-refractivity contribution in [2.24, 2.45) is 0 Å². The van der Waals surface area contributed by atoms with E-state index in [4.69, 9.17) is 0 Å². The highest BCUT2D eigenvalue weighted by atomic mass is 79.9. The number of hydrogen-bond acceptors (Lipinski definition) is 1. The molecule has 0 spiro atoms. The molecular formula is C14H11BrNO. The minimum Gasteiger partial charge on any atom is -0.300 e. The lowest BCUT2D eigenvalue weighted by Gasteiger charge is -2.16. The third kappa shape index (κ3) is 3.17. The van der Waals surface area contributed by atoms with E-state index < -0.39 is 0 Å². The van der Waals surface area contributed by atoms with Crippen LogP contribution in [0.5, 0.6) is 0 Å². The smallest absolute Gasteiger partial charge is 0.300 e. The van der Waals surface area contributed by atoms with Crippen LogP contribution in [0.25, 0.3) is 0 Å². The monoisotopic (exact) mass is 288 g/mol. The number of benzene rings is 2. The van der Waals surface area contributed by atoms with E-state index in [0.717, 1.165) is 15.7 Å². The first-order valence-electron chi connectivity index (χ1n) is 5.24. The van der Waals surface area contributed by atoms with Gasteiger partial charge in [0, 0.05) is 10.2 Å². The van der Waals surface area contributed by atoms with Crippen LogP contribution in [0.3, 0.4) is 0 Å². The summed E-state index contributed by atoms with van der Waals surface area (Å²) in [6.45, 7) is 0.534. The van der Waals surface area contributed by atoms with Gasteiger partial charge in [0.2, 0.25) is 0 Å². The Kier molecular flexibility index (Phi) is 3.94. The van der Waals surface area contributed by atoms with Crippen molar-refractivity contribution in [1.82, 2.24) is 0 Å². The Morgan fingerprint density at radius 1 is 1.00 bits per heavy atom. The molecule has 0 saturated carbocycles. The second kappa shape index (κ2) is 5.64. The maximum atomic E-state index is 11.0. The Labute approximate surface area is 109 Å². The molecule has 2 aromatic rings. The molecule has 1 amide bonds. The third-order valence-electron chi connectivity index (χ3n) is 2.43. The van der Waals surface area contributed by atoms with Gasteiger partial charge < -0.3 is 0 Å². The molecule has 2 nitrogen and oxygen atoms in total. The van der Waals surface area contributed by atoms with Gasteiger partial charge in [-0.1, -0.05) is 46.3 Å². The van der Waals surface area contributed by atoms with Gasteiger partial charge in [0.15, 0.2) is 0 Å². The van der Waals surface area contributed by atoms with Crippen LogP contribution in [0.1, 0.15) is 5.56 Å². The van der Waals surface area contributed by atoms with Crippen LogP contribution in [0.15, 0.2) is 59.1 Å². The average Bonchev–Trinajstić information content (AvgIpc) is 2.38. The Balaban J connectivity index is 2.17. The van der Waals surface area contributed by atoms with Gasteiger partial charge in [0.25, 0.3) is 0 Å². The van der Waals surface area contributed by atoms with Gasteiger partial charge in [-0.05, 0) is 29.8 Å². The molecule has 0 heterocycles. The summed E-state index contributed by atoms with van der Waals surface area (Å²) in [5.41, 5.74) is 1.92. The van der Waals surface area contributed by atoms with Crippen molar-refractivity contribution in [3.05, 3.63) is 64.6 Å². The fourth-order valence-corrected chi connectivity index (χ4v) is 1.83. The van der Waals surface area contributed by atoms with E-state index in [1.807, 2.05) is 61.0 Å². The Morgan fingerprint density at radius 3 is 2.24 bits per heavy atom. The number of rotatable bonds is 4. The van der Waals surface area contributed by atoms with Crippen molar-refractivity contribution in [2.75, 3.05) is 4.90 Å². The number of carbonyl (C=O) groups excluding carboxylic acids is 1. The summed E-state index contributed by atoms with van der Waals surface area (Å²) in [6, 6.07) is 17.4. The summed E-state index contributed by atoms with van der Waals surface area (Å²) < 4.78 is 0.992. The van der Waals surface area contributed by atoms with Crippen LogP contribution in [0, 0.1) is 0 Å². The lowest BCUT2D eigenvalue weighted by atomic mass is 10.2. The van der Waals surface area contributed by atoms with Crippen LogP contribution in [0.4, 0.5) is 5.69 Å². The van der Waals surface area contributed by atoms with Crippen molar-refractivity contribution in [2.45, 2.75) is 6.54 Å². The summed E-state index contributed by atoms with van der Waals surface area (Å²) in [5.74, 6) is 0. The van der Waals surface area contributed by atoms with E-state index in [1.165, 1.54) is 0 Å². The van der Waals surface area contributed by atoms with Crippen LogP contribution >= 0.6 is 15.9 Å². The molecule has 0 N–H and O–H groups in total. The molecule has 85 valence electrons. The van der Waals surface area contributed by atoms with Gasteiger partial charge in [-0.3, -0.25) is 9.69 Å². The highest BCUT2D eigenvalue weighted by molar-refractivity contribution is 9.10.